The van der Waals surface area contributed by atoms with E-state index in [0.717, 1.165) is 19.6 Å². The number of rotatable bonds is 4. The van der Waals surface area contributed by atoms with E-state index in [9.17, 15) is 8.42 Å². The molecule has 21 heavy (non-hydrogen) atoms. The molecule has 0 aromatic heterocycles. The number of fused-ring (bicyclic) bond motifs is 1. The van der Waals surface area contributed by atoms with Crippen molar-refractivity contribution in [2.45, 2.75) is 23.8 Å². The Balaban J connectivity index is 1.64. The molecule has 0 aliphatic carbocycles. The molecule has 3 rings (SSSR count). The lowest BCUT2D eigenvalue weighted by Gasteiger charge is -2.36. The number of likely N-dealkylation sites (tertiary alicyclic amines) is 1. The molecule has 1 aromatic rings. The van der Waals surface area contributed by atoms with Crippen molar-refractivity contribution in [2.75, 3.05) is 31.9 Å². The molecule has 2 fully saturated rings. The number of nitrogens with one attached hydrogen (secondary N) is 1. The molecule has 1 aromatic carbocycles. The summed E-state index contributed by atoms with van der Waals surface area (Å²) < 4.78 is 24.8. The van der Waals surface area contributed by atoms with E-state index in [2.05, 4.69) is 10.2 Å². The first-order chi connectivity index (χ1) is 10.1. The molecule has 0 amide bonds. The molecule has 4 nitrogen and oxygen atoms in total. The van der Waals surface area contributed by atoms with Gasteiger partial charge in [0.2, 0.25) is 0 Å². The summed E-state index contributed by atoms with van der Waals surface area (Å²) in [6.07, 6.45) is 2.43. The molecule has 2 atom stereocenters. The Morgan fingerprint density at radius 1 is 1.24 bits per heavy atom. The Morgan fingerprint density at radius 3 is 2.76 bits per heavy atom. The first-order valence-electron chi connectivity index (χ1n) is 7.49. The van der Waals surface area contributed by atoms with E-state index in [1.54, 1.807) is 24.3 Å². The van der Waals surface area contributed by atoms with Gasteiger partial charge in [0.1, 0.15) is 0 Å². The monoisotopic (exact) mass is 328 g/mol. The van der Waals surface area contributed by atoms with Gasteiger partial charge in [-0.25, -0.2) is 8.42 Å². The molecule has 2 aliphatic rings. The van der Waals surface area contributed by atoms with Gasteiger partial charge < -0.3 is 5.32 Å². The number of benzene rings is 1. The molecule has 0 radical (unpaired) electrons. The van der Waals surface area contributed by atoms with Crippen molar-refractivity contribution in [3.05, 3.63) is 29.3 Å². The minimum absolute atomic E-state index is 0.178. The van der Waals surface area contributed by atoms with Gasteiger partial charge in [-0.05, 0) is 56.1 Å². The molecule has 1 N–H and O–H groups in total. The van der Waals surface area contributed by atoms with E-state index >= 15 is 0 Å². The van der Waals surface area contributed by atoms with Crippen LogP contribution in [0.1, 0.15) is 12.8 Å². The van der Waals surface area contributed by atoms with Gasteiger partial charge in [-0.15, -0.1) is 0 Å². The van der Waals surface area contributed by atoms with E-state index in [1.807, 2.05) is 0 Å². The number of hydrogen-bond donors (Lipinski definition) is 1. The highest BCUT2D eigenvalue weighted by Gasteiger charge is 2.35. The van der Waals surface area contributed by atoms with Crippen molar-refractivity contribution in [1.82, 2.24) is 10.2 Å². The van der Waals surface area contributed by atoms with E-state index in [4.69, 9.17) is 11.6 Å². The Kier molecular flexibility index (Phi) is 4.54. The number of halogens is 1. The Morgan fingerprint density at radius 2 is 2.00 bits per heavy atom. The molecule has 2 saturated heterocycles. The summed E-state index contributed by atoms with van der Waals surface area (Å²) in [6.45, 7) is 3.70. The van der Waals surface area contributed by atoms with Gasteiger partial charge >= 0.3 is 0 Å². The van der Waals surface area contributed by atoms with E-state index in [-0.39, 0.29) is 5.75 Å². The lowest BCUT2D eigenvalue weighted by Crippen LogP contribution is -2.46. The second kappa shape index (κ2) is 6.24. The maximum Gasteiger partial charge on any atom is 0.179 e. The van der Waals surface area contributed by atoms with E-state index < -0.39 is 9.84 Å². The Hall–Kier alpha value is -0.620. The number of nitrogens with zero attached hydrogens (tertiary/aromatic N) is 1. The van der Waals surface area contributed by atoms with Gasteiger partial charge in [-0.2, -0.15) is 0 Å². The van der Waals surface area contributed by atoms with Crippen LogP contribution in [-0.2, 0) is 9.84 Å². The zero-order valence-corrected chi connectivity index (χ0v) is 13.5. The highest BCUT2D eigenvalue weighted by Crippen LogP contribution is 2.26. The Labute approximate surface area is 131 Å². The molecular formula is C15H21ClN2O2S. The molecule has 0 spiro atoms. The van der Waals surface area contributed by atoms with Gasteiger partial charge in [0.25, 0.3) is 0 Å². The first kappa shape index (κ1) is 15.3. The van der Waals surface area contributed by atoms with Gasteiger partial charge in [-0.3, -0.25) is 4.90 Å². The minimum atomic E-state index is -3.23. The standard InChI is InChI=1S/C15H21ClN2O2S/c16-13-3-5-14(6-4-13)21(19,20)9-8-18-7-1-2-12-10-17-11-15(12)18/h3-6,12,15,17H,1-2,7-11H2. The topological polar surface area (TPSA) is 49.4 Å². The first-order valence-corrected chi connectivity index (χ1v) is 9.52. The fraction of sp³-hybridized carbons (Fsp3) is 0.600. The summed E-state index contributed by atoms with van der Waals surface area (Å²) in [5, 5.41) is 3.98. The quantitative estimate of drug-likeness (QED) is 0.915. The predicted molar refractivity (Wildman–Crippen MR) is 84.5 cm³/mol. The zero-order chi connectivity index (χ0) is 14.9. The molecule has 0 bridgehead atoms. The van der Waals surface area contributed by atoms with Gasteiger partial charge in [0, 0.05) is 24.2 Å². The van der Waals surface area contributed by atoms with Crippen LogP contribution in [0.4, 0.5) is 0 Å². The van der Waals surface area contributed by atoms with Crippen molar-refractivity contribution >= 4 is 21.4 Å². The van der Waals surface area contributed by atoms with Gasteiger partial charge in [0.15, 0.2) is 9.84 Å². The highest BCUT2D eigenvalue weighted by molar-refractivity contribution is 7.91. The maximum atomic E-state index is 12.4. The number of hydrogen-bond acceptors (Lipinski definition) is 4. The summed E-state index contributed by atoms with van der Waals surface area (Å²) >= 11 is 5.81. The molecule has 0 saturated carbocycles. The van der Waals surface area contributed by atoms with Crippen LogP contribution >= 0.6 is 11.6 Å². The second-order valence-electron chi connectivity index (χ2n) is 5.94. The van der Waals surface area contributed by atoms with Crippen molar-refractivity contribution in [3.63, 3.8) is 0 Å². The number of piperidine rings is 1. The van der Waals surface area contributed by atoms with E-state index in [1.165, 1.54) is 12.8 Å². The second-order valence-corrected chi connectivity index (χ2v) is 8.48. The summed E-state index contributed by atoms with van der Waals surface area (Å²) in [6, 6.07) is 6.96. The lowest BCUT2D eigenvalue weighted by molar-refractivity contribution is 0.133. The average Bonchev–Trinajstić information content (AvgIpc) is 2.94. The largest absolute Gasteiger partial charge is 0.315 e. The number of sulfone groups is 1. The smallest absolute Gasteiger partial charge is 0.179 e. The lowest BCUT2D eigenvalue weighted by atomic mass is 9.92. The molecule has 116 valence electrons. The predicted octanol–water partition coefficient (Wildman–Crippen LogP) is 1.80. The van der Waals surface area contributed by atoms with Crippen LogP contribution in [0.15, 0.2) is 29.2 Å². The van der Waals surface area contributed by atoms with Crippen molar-refractivity contribution < 1.29 is 8.42 Å². The van der Waals surface area contributed by atoms with E-state index in [0.29, 0.717) is 28.4 Å². The van der Waals surface area contributed by atoms with Crippen LogP contribution in [0.5, 0.6) is 0 Å². The fourth-order valence-electron chi connectivity index (χ4n) is 3.44. The van der Waals surface area contributed by atoms with Crippen LogP contribution in [-0.4, -0.2) is 51.3 Å². The maximum absolute atomic E-state index is 12.4. The van der Waals surface area contributed by atoms with Gasteiger partial charge in [0.05, 0.1) is 10.6 Å². The summed E-state index contributed by atoms with van der Waals surface area (Å²) in [4.78, 5) is 2.71. The van der Waals surface area contributed by atoms with Crippen molar-refractivity contribution in [2.24, 2.45) is 5.92 Å². The highest BCUT2D eigenvalue weighted by atomic mass is 35.5. The van der Waals surface area contributed by atoms with Crippen molar-refractivity contribution in [1.29, 1.82) is 0 Å². The van der Waals surface area contributed by atoms with Crippen molar-refractivity contribution in [3.8, 4) is 0 Å². The fourth-order valence-corrected chi connectivity index (χ4v) is 4.83. The third-order valence-electron chi connectivity index (χ3n) is 4.61. The van der Waals surface area contributed by atoms with Crippen LogP contribution in [0.2, 0.25) is 5.02 Å². The summed E-state index contributed by atoms with van der Waals surface area (Å²) in [5.41, 5.74) is 0. The summed E-state index contributed by atoms with van der Waals surface area (Å²) in [5.74, 6) is 0.870. The molecular weight excluding hydrogens is 308 g/mol. The van der Waals surface area contributed by atoms with Crippen LogP contribution in [0.25, 0.3) is 0 Å². The molecule has 2 unspecified atom stereocenters. The normalized spacial score (nSPS) is 26.7. The van der Waals surface area contributed by atoms with Gasteiger partial charge in [-0.1, -0.05) is 11.6 Å². The third kappa shape index (κ3) is 3.42. The zero-order valence-electron chi connectivity index (χ0n) is 12.0. The van der Waals surface area contributed by atoms with Crippen LogP contribution < -0.4 is 5.32 Å². The molecule has 2 heterocycles. The van der Waals surface area contributed by atoms with Crippen LogP contribution in [0, 0.1) is 5.92 Å². The third-order valence-corrected chi connectivity index (χ3v) is 6.58. The molecule has 6 heteroatoms. The molecule has 2 aliphatic heterocycles. The van der Waals surface area contributed by atoms with Crippen LogP contribution in [0.3, 0.4) is 0 Å². The average molecular weight is 329 g/mol. The summed E-state index contributed by atoms with van der Waals surface area (Å²) in [7, 11) is -3.23. The Bertz CT molecular complexity index is 588. The SMILES string of the molecule is O=S(=O)(CCN1CCCC2CNCC21)c1ccc(Cl)cc1. The minimum Gasteiger partial charge on any atom is -0.315 e.